The van der Waals surface area contributed by atoms with Crippen molar-refractivity contribution >= 4 is 0 Å². The van der Waals surface area contributed by atoms with Crippen LogP contribution in [-0.4, -0.2) is 31.1 Å². The van der Waals surface area contributed by atoms with Gasteiger partial charge in [0.25, 0.3) is 0 Å². The molecular weight excluding hydrogens is 306 g/mol. The molecule has 4 rings (SSSR count). The fourth-order valence-corrected chi connectivity index (χ4v) is 5.01. The Morgan fingerprint density at radius 1 is 1.16 bits per heavy atom. The van der Waals surface area contributed by atoms with E-state index in [1.165, 1.54) is 42.6 Å². The third-order valence-corrected chi connectivity index (χ3v) is 6.86. The van der Waals surface area contributed by atoms with E-state index in [1.807, 2.05) is 0 Å². The first-order chi connectivity index (χ1) is 12.1. The van der Waals surface area contributed by atoms with E-state index in [0.29, 0.717) is 12.0 Å². The summed E-state index contributed by atoms with van der Waals surface area (Å²) in [6.07, 6.45) is 3.56. The van der Waals surface area contributed by atoms with Gasteiger partial charge in [0, 0.05) is 12.6 Å². The highest BCUT2D eigenvalue weighted by Gasteiger charge is 2.48. The average molecular weight is 335 g/mol. The number of hydrogen-bond donors (Lipinski definition) is 0. The Bertz CT molecular complexity index is 741. The van der Waals surface area contributed by atoms with Crippen LogP contribution < -0.4 is 4.74 Å². The van der Waals surface area contributed by atoms with E-state index in [-0.39, 0.29) is 5.41 Å². The number of likely N-dealkylation sites (tertiary alicyclic amines) is 1. The molecule has 0 radical (unpaired) electrons. The molecule has 2 heteroatoms. The zero-order valence-corrected chi connectivity index (χ0v) is 15.7. The molecule has 2 aromatic carbocycles. The summed E-state index contributed by atoms with van der Waals surface area (Å²) < 4.78 is 5.50. The number of nitrogens with zero attached hydrogens (tertiary/aromatic N) is 1. The molecule has 1 heterocycles. The molecule has 0 amide bonds. The second kappa shape index (κ2) is 6.49. The highest BCUT2D eigenvalue weighted by molar-refractivity contribution is 5.44. The molecule has 0 spiro atoms. The summed E-state index contributed by atoms with van der Waals surface area (Å²) >= 11 is 0. The van der Waals surface area contributed by atoms with Crippen molar-refractivity contribution in [3.63, 3.8) is 0 Å². The molecule has 132 valence electrons. The van der Waals surface area contributed by atoms with E-state index in [9.17, 15) is 0 Å². The van der Waals surface area contributed by atoms with Crippen LogP contribution in [0, 0.1) is 5.92 Å². The number of fused-ring (bicyclic) bond motifs is 4. The fraction of sp³-hybridized carbons (Fsp3) is 0.478. The third kappa shape index (κ3) is 2.87. The molecule has 0 saturated carbocycles. The van der Waals surface area contributed by atoms with E-state index in [2.05, 4.69) is 67.3 Å². The molecule has 1 fully saturated rings. The lowest BCUT2D eigenvalue weighted by atomic mass is 9.59. The van der Waals surface area contributed by atoms with Crippen molar-refractivity contribution in [3.8, 4) is 5.75 Å². The van der Waals surface area contributed by atoms with E-state index < -0.39 is 0 Å². The van der Waals surface area contributed by atoms with Gasteiger partial charge in [-0.25, -0.2) is 0 Å². The Balaban J connectivity index is 1.57. The zero-order chi connectivity index (χ0) is 17.4. The van der Waals surface area contributed by atoms with Crippen molar-refractivity contribution in [2.45, 2.75) is 44.6 Å². The maximum absolute atomic E-state index is 5.50. The lowest BCUT2D eigenvalue weighted by Gasteiger charge is -2.54. The molecule has 0 aromatic heterocycles. The van der Waals surface area contributed by atoms with Crippen LogP contribution in [-0.2, 0) is 18.3 Å². The largest absolute Gasteiger partial charge is 0.497 e. The minimum atomic E-state index is 0.274. The van der Waals surface area contributed by atoms with E-state index in [4.69, 9.17) is 4.74 Å². The summed E-state index contributed by atoms with van der Waals surface area (Å²) in [7, 11) is 1.77. The first-order valence-electron chi connectivity index (χ1n) is 9.57. The Morgan fingerprint density at radius 3 is 2.72 bits per heavy atom. The molecule has 2 aliphatic rings. The van der Waals surface area contributed by atoms with Crippen molar-refractivity contribution in [1.29, 1.82) is 0 Å². The number of methoxy groups -OCH3 is 1. The number of piperidine rings is 1. The topological polar surface area (TPSA) is 12.5 Å². The van der Waals surface area contributed by atoms with Crippen molar-refractivity contribution in [1.82, 2.24) is 4.90 Å². The van der Waals surface area contributed by atoms with Crippen LogP contribution in [0.3, 0.4) is 0 Å². The molecule has 2 nitrogen and oxygen atoms in total. The van der Waals surface area contributed by atoms with Crippen molar-refractivity contribution in [3.05, 3.63) is 65.2 Å². The first-order valence-corrected chi connectivity index (χ1v) is 9.57. The van der Waals surface area contributed by atoms with Gasteiger partial charge in [0.2, 0.25) is 0 Å². The maximum Gasteiger partial charge on any atom is 0.119 e. The lowest BCUT2D eigenvalue weighted by molar-refractivity contribution is 0.0322. The van der Waals surface area contributed by atoms with Crippen LogP contribution in [0.2, 0.25) is 0 Å². The molecular formula is C23H29NO. The summed E-state index contributed by atoms with van der Waals surface area (Å²) in [6, 6.07) is 18.3. The highest BCUT2D eigenvalue weighted by Crippen LogP contribution is 2.49. The second-order valence-electron chi connectivity index (χ2n) is 8.02. The Morgan fingerprint density at radius 2 is 1.96 bits per heavy atom. The predicted molar refractivity (Wildman–Crippen MR) is 103 cm³/mol. The molecule has 2 bridgehead atoms. The van der Waals surface area contributed by atoms with Gasteiger partial charge in [-0.2, -0.15) is 0 Å². The standard InChI is InChI=1S/C23H29NO/c1-17-22-15-19-9-10-20(25-3)16-21(19)23(17,2)12-14-24(22)13-11-18-7-5-4-6-8-18/h4-10,16-17,22H,11-15H2,1-3H3/t17-,22+,23+/m0/s1. The summed E-state index contributed by atoms with van der Waals surface area (Å²) in [5, 5.41) is 0. The van der Waals surface area contributed by atoms with Crippen LogP contribution in [0.15, 0.2) is 48.5 Å². The SMILES string of the molecule is COc1ccc2c(c1)[C@]1(C)CCN(CCc3ccccc3)[C@H](C2)[C@@H]1C. The van der Waals surface area contributed by atoms with Gasteiger partial charge in [-0.3, -0.25) is 4.90 Å². The van der Waals surface area contributed by atoms with Gasteiger partial charge in [-0.1, -0.05) is 50.2 Å². The Kier molecular flexibility index (Phi) is 4.33. The van der Waals surface area contributed by atoms with E-state index >= 15 is 0 Å². The quantitative estimate of drug-likeness (QED) is 0.818. The Hall–Kier alpha value is -1.80. The number of ether oxygens (including phenoxy) is 1. The van der Waals surface area contributed by atoms with E-state index in [0.717, 1.165) is 12.2 Å². The normalized spacial score (nSPS) is 28.4. The molecule has 25 heavy (non-hydrogen) atoms. The van der Waals surface area contributed by atoms with Gasteiger partial charge in [-0.15, -0.1) is 0 Å². The minimum Gasteiger partial charge on any atom is -0.497 e. The van der Waals surface area contributed by atoms with Crippen LogP contribution in [0.5, 0.6) is 5.75 Å². The van der Waals surface area contributed by atoms with Crippen LogP contribution >= 0.6 is 0 Å². The summed E-state index contributed by atoms with van der Waals surface area (Å²) in [5.41, 5.74) is 4.77. The number of benzene rings is 2. The van der Waals surface area contributed by atoms with Crippen molar-refractivity contribution in [2.24, 2.45) is 5.92 Å². The third-order valence-electron chi connectivity index (χ3n) is 6.86. The first kappa shape index (κ1) is 16.7. The number of hydrogen-bond acceptors (Lipinski definition) is 2. The molecule has 1 aliphatic carbocycles. The number of rotatable bonds is 4. The highest BCUT2D eigenvalue weighted by atomic mass is 16.5. The van der Waals surface area contributed by atoms with Gasteiger partial charge in [0.1, 0.15) is 5.75 Å². The van der Waals surface area contributed by atoms with Crippen LogP contribution in [0.4, 0.5) is 0 Å². The average Bonchev–Trinajstić information content (AvgIpc) is 2.64. The summed E-state index contributed by atoms with van der Waals surface area (Å²) in [5.74, 6) is 1.67. The summed E-state index contributed by atoms with van der Waals surface area (Å²) in [4.78, 5) is 2.74. The molecule has 2 aromatic rings. The maximum atomic E-state index is 5.50. The van der Waals surface area contributed by atoms with Crippen molar-refractivity contribution < 1.29 is 4.74 Å². The smallest absolute Gasteiger partial charge is 0.119 e. The van der Waals surface area contributed by atoms with E-state index in [1.54, 1.807) is 7.11 Å². The summed E-state index contributed by atoms with van der Waals surface area (Å²) in [6.45, 7) is 7.30. The molecule has 0 N–H and O–H groups in total. The zero-order valence-electron chi connectivity index (χ0n) is 15.7. The van der Waals surface area contributed by atoms with Gasteiger partial charge < -0.3 is 4.74 Å². The second-order valence-corrected chi connectivity index (χ2v) is 8.02. The van der Waals surface area contributed by atoms with Crippen LogP contribution in [0.1, 0.15) is 37.0 Å². The van der Waals surface area contributed by atoms with Crippen molar-refractivity contribution in [2.75, 3.05) is 20.2 Å². The molecule has 3 atom stereocenters. The fourth-order valence-electron chi connectivity index (χ4n) is 5.01. The Labute approximate surface area is 151 Å². The predicted octanol–water partition coefficient (Wildman–Crippen LogP) is 4.46. The molecule has 1 aliphatic heterocycles. The van der Waals surface area contributed by atoms with Gasteiger partial charge in [0.15, 0.2) is 0 Å². The molecule has 0 unspecified atom stereocenters. The lowest BCUT2D eigenvalue weighted by Crippen LogP contribution is -2.58. The van der Waals surface area contributed by atoms with Gasteiger partial charge >= 0.3 is 0 Å². The van der Waals surface area contributed by atoms with Gasteiger partial charge in [-0.05, 0) is 66.0 Å². The molecule has 1 saturated heterocycles. The van der Waals surface area contributed by atoms with Gasteiger partial charge in [0.05, 0.1) is 7.11 Å². The van der Waals surface area contributed by atoms with Crippen LogP contribution in [0.25, 0.3) is 0 Å². The monoisotopic (exact) mass is 335 g/mol. The minimum absolute atomic E-state index is 0.274.